The smallest absolute Gasteiger partial charge is 0.0737 e. The van der Waals surface area contributed by atoms with Crippen molar-refractivity contribution in [1.82, 2.24) is 4.98 Å². The molecule has 0 aliphatic rings. The molecule has 0 aliphatic carbocycles. The van der Waals surface area contributed by atoms with Gasteiger partial charge < -0.3 is 0 Å². The monoisotopic (exact) mass is 263 g/mol. The summed E-state index contributed by atoms with van der Waals surface area (Å²) in [7, 11) is 0. The van der Waals surface area contributed by atoms with Crippen molar-refractivity contribution in [3.63, 3.8) is 0 Å². The summed E-state index contributed by atoms with van der Waals surface area (Å²) in [4.78, 5) is 4.63. The molecule has 0 spiro atoms. The number of aromatic nitrogens is 1. The fourth-order valence-electron chi connectivity index (χ4n) is 2.11. The van der Waals surface area contributed by atoms with Crippen LogP contribution in [0, 0.1) is 12.3 Å². The van der Waals surface area contributed by atoms with Gasteiger partial charge in [0.2, 0.25) is 0 Å². The summed E-state index contributed by atoms with van der Waals surface area (Å²) in [5.41, 5.74) is 3.50. The molecule has 0 bridgehead atoms. The lowest BCUT2D eigenvalue weighted by atomic mass is 10.0. The van der Waals surface area contributed by atoms with Crippen molar-refractivity contribution in [1.29, 1.82) is 0 Å². The number of halogens is 1. The van der Waals surface area contributed by atoms with Crippen LogP contribution in [0.2, 0.25) is 5.02 Å². The molecule has 3 aromatic rings. The fourth-order valence-corrected chi connectivity index (χ4v) is 2.39. The first-order valence-corrected chi connectivity index (χ1v) is 6.28. The standard InChI is InChI=1S/C17H10ClN/c1-2-12-11-16(13-7-4-3-5-8-13)19-15-10-6-9-14(18)17(12)15/h1,3-11H. The number of nitrogens with zero attached hydrogens (tertiary/aromatic N) is 1. The van der Waals surface area contributed by atoms with Crippen LogP contribution in [0.4, 0.5) is 0 Å². The highest BCUT2D eigenvalue weighted by atomic mass is 35.5. The number of pyridine rings is 1. The predicted octanol–water partition coefficient (Wildman–Crippen LogP) is 4.54. The summed E-state index contributed by atoms with van der Waals surface area (Å²) < 4.78 is 0. The van der Waals surface area contributed by atoms with Crippen molar-refractivity contribution in [2.24, 2.45) is 0 Å². The SMILES string of the molecule is C#Cc1cc(-c2ccccc2)nc2cccc(Cl)c12. The molecule has 3 rings (SSSR count). The molecule has 0 radical (unpaired) electrons. The van der Waals surface area contributed by atoms with Gasteiger partial charge in [0.25, 0.3) is 0 Å². The summed E-state index contributed by atoms with van der Waals surface area (Å²) in [6.07, 6.45) is 5.60. The molecule has 1 aromatic heterocycles. The molecule has 2 aromatic carbocycles. The highest BCUT2D eigenvalue weighted by molar-refractivity contribution is 6.35. The van der Waals surface area contributed by atoms with Gasteiger partial charge in [-0.2, -0.15) is 0 Å². The van der Waals surface area contributed by atoms with Gasteiger partial charge in [0.1, 0.15) is 0 Å². The second-order valence-corrected chi connectivity index (χ2v) is 4.61. The van der Waals surface area contributed by atoms with Gasteiger partial charge in [-0.25, -0.2) is 4.98 Å². The molecule has 0 fully saturated rings. The zero-order valence-corrected chi connectivity index (χ0v) is 10.9. The second-order valence-electron chi connectivity index (χ2n) is 4.20. The molecule has 0 N–H and O–H groups in total. The molecule has 0 saturated heterocycles. The van der Waals surface area contributed by atoms with Crippen molar-refractivity contribution in [3.05, 3.63) is 65.2 Å². The third-order valence-corrected chi connectivity index (χ3v) is 3.32. The van der Waals surface area contributed by atoms with E-state index in [1.807, 2.05) is 54.6 Å². The molecular formula is C17H10ClN. The first-order chi connectivity index (χ1) is 9.29. The number of hydrogen-bond donors (Lipinski definition) is 0. The third kappa shape index (κ3) is 2.07. The van der Waals surface area contributed by atoms with Crippen molar-refractivity contribution in [3.8, 4) is 23.6 Å². The lowest BCUT2D eigenvalue weighted by Crippen LogP contribution is -1.90. The summed E-state index contributed by atoms with van der Waals surface area (Å²) in [6.45, 7) is 0. The fraction of sp³-hybridized carbons (Fsp3) is 0. The molecule has 0 atom stereocenters. The van der Waals surface area contributed by atoms with Crippen LogP contribution in [0.3, 0.4) is 0 Å². The Kier molecular flexibility index (Phi) is 2.95. The van der Waals surface area contributed by atoms with Crippen LogP contribution in [0.1, 0.15) is 5.56 Å². The highest BCUT2D eigenvalue weighted by Crippen LogP contribution is 2.29. The Balaban J connectivity index is 2.34. The minimum absolute atomic E-state index is 0.637. The molecule has 0 unspecified atom stereocenters. The number of fused-ring (bicyclic) bond motifs is 1. The van der Waals surface area contributed by atoms with Crippen LogP contribution < -0.4 is 0 Å². The Labute approximate surface area is 116 Å². The van der Waals surface area contributed by atoms with E-state index in [0.717, 1.165) is 27.7 Å². The quantitative estimate of drug-likeness (QED) is 0.588. The molecule has 0 aliphatic heterocycles. The van der Waals surface area contributed by atoms with Gasteiger partial charge in [-0.05, 0) is 18.2 Å². The highest BCUT2D eigenvalue weighted by Gasteiger charge is 2.08. The number of hydrogen-bond acceptors (Lipinski definition) is 1. The minimum Gasteiger partial charge on any atom is -0.248 e. The first-order valence-electron chi connectivity index (χ1n) is 5.91. The molecular weight excluding hydrogens is 254 g/mol. The zero-order chi connectivity index (χ0) is 13.2. The number of terminal acetylenes is 1. The topological polar surface area (TPSA) is 12.9 Å². The van der Waals surface area contributed by atoms with Crippen molar-refractivity contribution < 1.29 is 0 Å². The number of rotatable bonds is 1. The van der Waals surface area contributed by atoms with Crippen LogP contribution in [0.15, 0.2) is 54.6 Å². The molecule has 0 amide bonds. The van der Waals surface area contributed by atoms with E-state index in [2.05, 4.69) is 10.9 Å². The molecule has 1 heterocycles. The molecule has 0 saturated carbocycles. The van der Waals surface area contributed by atoms with Crippen LogP contribution in [-0.2, 0) is 0 Å². The lowest BCUT2D eigenvalue weighted by Gasteiger charge is -2.07. The van der Waals surface area contributed by atoms with E-state index in [0.29, 0.717) is 5.02 Å². The van der Waals surface area contributed by atoms with E-state index in [1.54, 1.807) is 0 Å². The van der Waals surface area contributed by atoms with E-state index >= 15 is 0 Å². The van der Waals surface area contributed by atoms with Gasteiger partial charge in [-0.3, -0.25) is 0 Å². The van der Waals surface area contributed by atoms with Crippen LogP contribution in [0.25, 0.3) is 22.2 Å². The first kappa shape index (κ1) is 11.8. The average Bonchev–Trinajstić information content (AvgIpc) is 2.47. The molecule has 2 heteroatoms. The Bertz CT molecular complexity index is 785. The van der Waals surface area contributed by atoms with Gasteiger partial charge in [0.05, 0.1) is 16.2 Å². The van der Waals surface area contributed by atoms with Gasteiger partial charge in [-0.15, -0.1) is 6.42 Å². The van der Waals surface area contributed by atoms with E-state index in [1.165, 1.54) is 0 Å². The minimum atomic E-state index is 0.637. The third-order valence-electron chi connectivity index (χ3n) is 3.01. The summed E-state index contributed by atoms with van der Waals surface area (Å²) in [6, 6.07) is 17.5. The second kappa shape index (κ2) is 4.76. The maximum Gasteiger partial charge on any atom is 0.0737 e. The van der Waals surface area contributed by atoms with E-state index in [9.17, 15) is 0 Å². The molecule has 19 heavy (non-hydrogen) atoms. The Hall–Kier alpha value is -2.30. The maximum absolute atomic E-state index is 6.20. The van der Waals surface area contributed by atoms with Crippen LogP contribution >= 0.6 is 11.6 Å². The molecule has 90 valence electrons. The summed E-state index contributed by atoms with van der Waals surface area (Å²) >= 11 is 6.20. The van der Waals surface area contributed by atoms with E-state index in [-0.39, 0.29) is 0 Å². The predicted molar refractivity (Wildman–Crippen MR) is 80.1 cm³/mol. The lowest BCUT2D eigenvalue weighted by molar-refractivity contribution is 1.39. The summed E-state index contributed by atoms with van der Waals surface area (Å²) in [5, 5.41) is 1.48. The number of benzene rings is 2. The van der Waals surface area contributed by atoms with Crippen LogP contribution in [-0.4, -0.2) is 4.98 Å². The van der Waals surface area contributed by atoms with Gasteiger partial charge in [0.15, 0.2) is 0 Å². The van der Waals surface area contributed by atoms with Gasteiger partial charge in [0, 0.05) is 16.5 Å². The Morgan fingerprint density at radius 2 is 1.79 bits per heavy atom. The maximum atomic E-state index is 6.20. The summed E-state index contributed by atoms with van der Waals surface area (Å²) in [5.74, 6) is 2.70. The Morgan fingerprint density at radius 1 is 1.00 bits per heavy atom. The average molecular weight is 264 g/mol. The van der Waals surface area contributed by atoms with Gasteiger partial charge in [-0.1, -0.05) is 53.9 Å². The Morgan fingerprint density at radius 3 is 2.53 bits per heavy atom. The van der Waals surface area contributed by atoms with Gasteiger partial charge >= 0.3 is 0 Å². The van der Waals surface area contributed by atoms with Crippen molar-refractivity contribution in [2.45, 2.75) is 0 Å². The van der Waals surface area contributed by atoms with Crippen molar-refractivity contribution >= 4 is 22.5 Å². The largest absolute Gasteiger partial charge is 0.248 e. The normalized spacial score (nSPS) is 10.3. The van der Waals surface area contributed by atoms with Crippen molar-refractivity contribution in [2.75, 3.05) is 0 Å². The van der Waals surface area contributed by atoms with Crippen LogP contribution in [0.5, 0.6) is 0 Å². The molecule has 1 nitrogen and oxygen atoms in total. The van der Waals surface area contributed by atoms with E-state index < -0.39 is 0 Å². The zero-order valence-electron chi connectivity index (χ0n) is 10.1. The van der Waals surface area contributed by atoms with E-state index in [4.69, 9.17) is 18.0 Å².